The van der Waals surface area contributed by atoms with Gasteiger partial charge in [0.1, 0.15) is 17.0 Å². The number of hydrogen-bond donors (Lipinski definition) is 0. The summed E-state index contributed by atoms with van der Waals surface area (Å²) in [6.45, 7) is 0.899. The van der Waals surface area contributed by atoms with Gasteiger partial charge in [0.25, 0.3) is 5.91 Å². The maximum atomic E-state index is 14.0. The predicted octanol–water partition coefficient (Wildman–Crippen LogP) is 3.50. The number of para-hydroxylation sites is 1. The van der Waals surface area contributed by atoms with Crippen molar-refractivity contribution in [2.24, 2.45) is 5.92 Å². The van der Waals surface area contributed by atoms with Crippen molar-refractivity contribution in [2.75, 3.05) is 13.1 Å². The van der Waals surface area contributed by atoms with E-state index in [9.17, 15) is 14.0 Å². The minimum Gasteiger partial charge on any atom is -0.337 e. The molecule has 4 rings (SSSR count). The zero-order valence-corrected chi connectivity index (χ0v) is 14.6. The molecule has 0 N–H and O–H groups in total. The van der Waals surface area contributed by atoms with Gasteiger partial charge in [-0.1, -0.05) is 18.2 Å². The molecule has 136 valence electrons. The fourth-order valence-electron chi connectivity index (χ4n) is 3.51. The lowest BCUT2D eigenvalue weighted by atomic mass is 9.90. The summed E-state index contributed by atoms with van der Waals surface area (Å²) < 4.78 is 14.0. The van der Waals surface area contributed by atoms with Crippen LogP contribution in [0.3, 0.4) is 0 Å². The highest BCUT2D eigenvalue weighted by molar-refractivity contribution is 5.99. The first-order valence-corrected chi connectivity index (χ1v) is 8.92. The Morgan fingerprint density at radius 2 is 2.00 bits per heavy atom. The molecule has 27 heavy (non-hydrogen) atoms. The molecule has 0 spiro atoms. The molecule has 0 aliphatic carbocycles. The summed E-state index contributed by atoms with van der Waals surface area (Å²) in [5.41, 5.74) is 0.938. The largest absolute Gasteiger partial charge is 0.337 e. The van der Waals surface area contributed by atoms with Gasteiger partial charge < -0.3 is 4.90 Å². The van der Waals surface area contributed by atoms with Crippen molar-refractivity contribution in [3.8, 4) is 0 Å². The van der Waals surface area contributed by atoms with Crippen molar-refractivity contribution in [3.05, 3.63) is 71.9 Å². The van der Waals surface area contributed by atoms with Crippen molar-refractivity contribution < 1.29 is 14.0 Å². The van der Waals surface area contributed by atoms with Gasteiger partial charge in [0.05, 0.1) is 0 Å². The Morgan fingerprint density at radius 1 is 1.11 bits per heavy atom. The number of aromatic nitrogens is 2. The average Bonchev–Trinajstić information content (AvgIpc) is 2.73. The maximum Gasteiger partial charge on any atom is 0.272 e. The van der Waals surface area contributed by atoms with Crippen molar-refractivity contribution in [2.45, 2.75) is 12.8 Å². The van der Waals surface area contributed by atoms with E-state index in [2.05, 4.69) is 9.97 Å². The number of ketones is 1. The van der Waals surface area contributed by atoms with Gasteiger partial charge >= 0.3 is 0 Å². The van der Waals surface area contributed by atoms with Crippen LogP contribution in [0, 0.1) is 11.7 Å². The number of likely N-dealkylation sites (tertiary alicyclic amines) is 1. The van der Waals surface area contributed by atoms with Crippen molar-refractivity contribution in [3.63, 3.8) is 0 Å². The first-order chi connectivity index (χ1) is 13.1. The first kappa shape index (κ1) is 17.3. The van der Waals surface area contributed by atoms with Gasteiger partial charge in [-0.2, -0.15) is 0 Å². The van der Waals surface area contributed by atoms with Crippen LogP contribution in [0.5, 0.6) is 0 Å². The topological polar surface area (TPSA) is 63.2 Å². The van der Waals surface area contributed by atoms with Crippen molar-refractivity contribution in [1.29, 1.82) is 0 Å². The normalized spacial score (nSPS) is 17.1. The number of nitrogens with zero attached hydrogens (tertiary/aromatic N) is 3. The minimum atomic E-state index is -0.453. The number of hydrogen-bond acceptors (Lipinski definition) is 4. The molecule has 0 radical (unpaired) electrons. The molecule has 1 saturated heterocycles. The van der Waals surface area contributed by atoms with E-state index in [0.717, 1.165) is 12.8 Å². The number of halogens is 1. The summed E-state index contributed by atoms with van der Waals surface area (Å²) in [6.07, 6.45) is 4.65. The third-order valence-electron chi connectivity index (χ3n) is 4.92. The van der Waals surface area contributed by atoms with Gasteiger partial charge in [0.15, 0.2) is 5.78 Å². The molecule has 2 aromatic heterocycles. The lowest BCUT2D eigenvalue weighted by Crippen LogP contribution is -2.42. The van der Waals surface area contributed by atoms with Gasteiger partial charge in [-0.25, -0.2) is 9.37 Å². The Bertz CT molecular complexity index is 1010. The molecule has 3 heterocycles. The van der Waals surface area contributed by atoms with E-state index in [0.29, 0.717) is 24.0 Å². The first-order valence-electron chi connectivity index (χ1n) is 8.92. The second-order valence-corrected chi connectivity index (χ2v) is 6.70. The molecule has 0 bridgehead atoms. The molecule has 6 heteroatoms. The lowest BCUT2D eigenvalue weighted by molar-refractivity contribution is 0.0632. The summed E-state index contributed by atoms with van der Waals surface area (Å²) in [7, 11) is 0. The summed E-state index contributed by atoms with van der Waals surface area (Å²) in [5.74, 6) is -0.989. The molecular weight excluding hydrogens is 345 g/mol. The molecule has 5 nitrogen and oxygen atoms in total. The van der Waals surface area contributed by atoms with E-state index in [-0.39, 0.29) is 28.8 Å². The predicted molar refractivity (Wildman–Crippen MR) is 98.9 cm³/mol. The van der Waals surface area contributed by atoms with E-state index in [1.165, 1.54) is 6.07 Å². The van der Waals surface area contributed by atoms with Gasteiger partial charge in [-0.15, -0.1) is 0 Å². The number of fused-ring (bicyclic) bond motifs is 1. The number of piperidine rings is 1. The number of amides is 1. The molecule has 1 aliphatic heterocycles. The molecule has 1 amide bonds. The number of rotatable bonds is 3. The molecule has 3 aromatic rings. The number of carbonyl (C=O) groups is 2. The Labute approximate surface area is 155 Å². The molecule has 1 aromatic carbocycles. The molecule has 1 fully saturated rings. The SMILES string of the molecule is O=C(c1cccnc1)[C@H]1CCCN(C(=O)c2ccc3cccc(F)c3n2)C1. The molecule has 1 aliphatic rings. The van der Waals surface area contributed by atoms with Crippen LogP contribution in [0.15, 0.2) is 54.9 Å². The van der Waals surface area contributed by atoms with E-state index < -0.39 is 5.82 Å². The van der Waals surface area contributed by atoms with Crippen LogP contribution in [0.1, 0.15) is 33.7 Å². The second kappa shape index (κ2) is 7.23. The van der Waals surface area contributed by atoms with E-state index in [4.69, 9.17) is 0 Å². The third kappa shape index (κ3) is 3.43. The quantitative estimate of drug-likeness (QED) is 0.668. The van der Waals surface area contributed by atoms with E-state index in [1.54, 1.807) is 53.7 Å². The highest BCUT2D eigenvalue weighted by Crippen LogP contribution is 2.23. The number of carbonyl (C=O) groups excluding carboxylic acids is 2. The standard InChI is InChI=1S/C21H18FN3O2/c22-17-7-1-4-14-8-9-18(24-19(14)17)21(27)25-11-3-6-16(13-25)20(26)15-5-2-10-23-12-15/h1-2,4-5,7-10,12,16H,3,6,11,13H2/t16-/m0/s1. The van der Waals surface area contributed by atoms with Gasteiger partial charge in [0.2, 0.25) is 0 Å². The van der Waals surface area contributed by atoms with Crippen molar-refractivity contribution >= 4 is 22.6 Å². The summed E-state index contributed by atoms with van der Waals surface area (Å²) in [5, 5.41) is 0.648. The highest BCUT2D eigenvalue weighted by Gasteiger charge is 2.30. The van der Waals surface area contributed by atoms with Crippen LogP contribution < -0.4 is 0 Å². The smallest absolute Gasteiger partial charge is 0.272 e. The zero-order chi connectivity index (χ0) is 18.8. The number of benzene rings is 1. The molecule has 1 atom stereocenters. The fourth-order valence-corrected chi connectivity index (χ4v) is 3.51. The fraction of sp³-hybridized carbons (Fsp3) is 0.238. The third-order valence-corrected chi connectivity index (χ3v) is 4.92. The summed E-state index contributed by atoms with van der Waals surface area (Å²) in [4.78, 5) is 35.4. The van der Waals surface area contributed by atoms with Gasteiger partial charge in [0, 0.05) is 42.4 Å². The van der Waals surface area contributed by atoms with E-state index in [1.807, 2.05) is 0 Å². The number of pyridine rings is 2. The maximum absolute atomic E-state index is 14.0. The van der Waals surface area contributed by atoms with Crippen LogP contribution in [-0.4, -0.2) is 39.6 Å². The summed E-state index contributed by atoms with van der Waals surface area (Å²) >= 11 is 0. The lowest BCUT2D eigenvalue weighted by Gasteiger charge is -2.31. The minimum absolute atomic E-state index is 0.00175. The average molecular weight is 363 g/mol. The van der Waals surface area contributed by atoms with Crippen LogP contribution in [0.4, 0.5) is 4.39 Å². The number of Topliss-reactive ketones (excluding diaryl/α,β-unsaturated/α-hetero) is 1. The molecule has 0 unspecified atom stereocenters. The zero-order valence-electron chi connectivity index (χ0n) is 14.6. The molecule has 0 saturated carbocycles. The van der Waals surface area contributed by atoms with Gasteiger partial charge in [-0.05, 0) is 37.1 Å². The molecular formula is C21H18FN3O2. The van der Waals surface area contributed by atoms with Crippen LogP contribution in [-0.2, 0) is 0 Å². The Kier molecular flexibility index (Phi) is 4.62. The Morgan fingerprint density at radius 3 is 2.81 bits per heavy atom. The van der Waals surface area contributed by atoms with Crippen LogP contribution >= 0.6 is 0 Å². The van der Waals surface area contributed by atoms with Gasteiger partial charge in [-0.3, -0.25) is 14.6 Å². The van der Waals surface area contributed by atoms with Crippen LogP contribution in [0.2, 0.25) is 0 Å². The Balaban J connectivity index is 1.55. The van der Waals surface area contributed by atoms with Crippen LogP contribution in [0.25, 0.3) is 10.9 Å². The monoisotopic (exact) mass is 363 g/mol. The second-order valence-electron chi connectivity index (χ2n) is 6.70. The van der Waals surface area contributed by atoms with Crippen molar-refractivity contribution in [1.82, 2.24) is 14.9 Å². The van der Waals surface area contributed by atoms with E-state index >= 15 is 0 Å². The highest BCUT2D eigenvalue weighted by atomic mass is 19.1. The Hall–Kier alpha value is -3.15. The summed E-state index contributed by atoms with van der Waals surface area (Å²) in [6, 6.07) is 11.5.